The van der Waals surface area contributed by atoms with E-state index < -0.39 is 0 Å². The van der Waals surface area contributed by atoms with Gasteiger partial charge in [-0.05, 0) is 48.4 Å². The lowest BCUT2D eigenvalue weighted by Gasteiger charge is -2.18. The third-order valence-electron chi connectivity index (χ3n) is 4.86. The number of rotatable bonds is 8. The van der Waals surface area contributed by atoms with Gasteiger partial charge < -0.3 is 19.5 Å². The number of carbonyl (C=O) groups is 2. The molecule has 1 aliphatic heterocycles. The quantitative estimate of drug-likeness (QED) is 0.569. The molecule has 0 aromatic heterocycles. The molecule has 0 radical (unpaired) electrons. The van der Waals surface area contributed by atoms with E-state index in [1.165, 1.54) is 0 Å². The summed E-state index contributed by atoms with van der Waals surface area (Å²) < 4.78 is 16.6. The highest BCUT2D eigenvalue weighted by Gasteiger charge is 2.12. The molecule has 0 bridgehead atoms. The Balaban J connectivity index is 1.21. The largest absolute Gasteiger partial charge is 0.486 e. The molecule has 0 unspecified atom stereocenters. The molecule has 0 saturated heterocycles. The van der Waals surface area contributed by atoms with Crippen molar-refractivity contribution in [2.45, 2.75) is 6.42 Å². The number of ether oxygens (including phenoxy) is 3. The molecule has 1 amide bonds. The van der Waals surface area contributed by atoms with Crippen LogP contribution in [0.5, 0.6) is 17.2 Å². The number of nitrogens with one attached hydrogen (secondary N) is 1. The van der Waals surface area contributed by atoms with E-state index in [1.54, 1.807) is 36.4 Å². The maximum absolute atomic E-state index is 12.4. The minimum Gasteiger partial charge on any atom is -0.486 e. The van der Waals surface area contributed by atoms with Gasteiger partial charge in [0.1, 0.15) is 19.0 Å². The first-order valence-electron chi connectivity index (χ1n) is 10.2. The van der Waals surface area contributed by atoms with Gasteiger partial charge in [-0.2, -0.15) is 0 Å². The summed E-state index contributed by atoms with van der Waals surface area (Å²) in [6.45, 7) is 1.51. The average Bonchev–Trinajstić information content (AvgIpc) is 2.83. The Morgan fingerprint density at radius 3 is 2.32 bits per heavy atom. The van der Waals surface area contributed by atoms with Crippen LogP contribution in [0.2, 0.25) is 0 Å². The smallest absolute Gasteiger partial charge is 0.257 e. The van der Waals surface area contributed by atoms with Gasteiger partial charge in [-0.15, -0.1) is 0 Å². The first kappa shape index (κ1) is 20.5. The standard InChI is InChI=1S/C25H23NO5/c27-24(26-13-12-18-6-11-22-23(16-18)30-15-14-29-22)17-31-21-9-7-20(8-10-21)25(28)19-4-2-1-3-5-19/h1-11,16H,12-15,17H2,(H,26,27). The van der Waals surface area contributed by atoms with Crippen LogP contribution in [0.3, 0.4) is 0 Å². The van der Waals surface area contributed by atoms with Crippen molar-refractivity contribution < 1.29 is 23.8 Å². The van der Waals surface area contributed by atoms with Crippen molar-refractivity contribution in [3.8, 4) is 17.2 Å². The normalized spacial score (nSPS) is 12.1. The van der Waals surface area contributed by atoms with Crippen molar-refractivity contribution in [3.63, 3.8) is 0 Å². The minimum atomic E-state index is -0.206. The second-order valence-corrected chi connectivity index (χ2v) is 7.09. The summed E-state index contributed by atoms with van der Waals surface area (Å²) in [5, 5.41) is 2.84. The van der Waals surface area contributed by atoms with Gasteiger partial charge in [0, 0.05) is 17.7 Å². The summed E-state index contributed by atoms with van der Waals surface area (Å²) in [4.78, 5) is 24.5. The van der Waals surface area contributed by atoms with Crippen molar-refractivity contribution in [3.05, 3.63) is 89.5 Å². The van der Waals surface area contributed by atoms with Gasteiger partial charge in [0.2, 0.25) is 0 Å². The number of ketones is 1. The Morgan fingerprint density at radius 2 is 1.55 bits per heavy atom. The zero-order chi connectivity index (χ0) is 21.5. The molecule has 0 fully saturated rings. The predicted molar refractivity (Wildman–Crippen MR) is 116 cm³/mol. The number of amides is 1. The molecule has 1 heterocycles. The van der Waals surface area contributed by atoms with E-state index in [2.05, 4.69) is 5.32 Å². The molecule has 0 aliphatic carbocycles. The van der Waals surface area contributed by atoms with E-state index in [0.29, 0.717) is 43.1 Å². The highest BCUT2D eigenvalue weighted by molar-refractivity contribution is 6.08. The second kappa shape index (κ2) is 9.80. The average molecular weight is 417 g/mol. The van der Waals surface area contributed by atoms with Crippen molar-refractivity contribution in [1.29, 1.82) is 0 Å². The van der Waals surface area contributed by atoms with E-state index in [9.17, 15) is 9.59 Å². The Morgan fingerprint density at radius 1 is 0.839 bits per heavy atom. The predicted octanol–water partition coefficient (Wildman–Crippen LogP) is 3.43. The SMILES string of the molecule is O=C(COc1ccc(C(=O)c2ccccc2)cc1)NCCc1ccc2c(c1)OCCO2. The van der Waals surface area contributed by atoms with E-state index in [0.717, 1.165) is 17.1 Å². The lowest BCUT2D eigenvalue weighted by atomic mass is 10.0. The Bertz CT molecular complexity index is 1050. The Kier molecular flexibility index (Phi) is 6.47. The van der Waals surface area contributed by atoms with Gasteiger partial charge in [0.15, 0.2) is 23.9 Å². The molecular weight excluding hydrogens is 394 g/mol. The maximum atomic E-state index is 12.4. The molecule has 0 saturated carbocycles. The van der Waals surface area contributed by atoms with Crippen molar-refractivity contribution >= 4 is 11.7 Å². The van der Waals surface area contributed by atoms with E-state index in [-0.39, 0.29) is 18.3 Å². The lowest BCUT2D eigenvalue weighted by molar-refractivity contribution is -0.123. The molecule has 0 atom stereocenters. The van der Waals surface area contributed by atoms with Crippen LogP contribution >= 0.6 is 0 Å². The van der Waals surface area contributed by atoms with Crippen LogP contribution in [0.1, 0.15) is 21.5 Å². The summed E-state index contributed by atoms with van der Waals surface area (Å²) in [6.07, 6.45) is 0.679. The Hall–Kier alpha value is -3.80. The molecule has 1 N–H and O–H groups in total. The monoisotopic (exact) mass is 417 g/mol. The van der Waals surface area contributed by atoms with Crippen LogP contribution < -0.4 is 19.5 Å². The molecule has 1 aliphatic rings. The molecule has 6 heteroatoms. The van der Waals surface area contributed by atoms with Crippen molar-refractivity contribution in [1.82, 2.24) is 5.32 Å². The molecule has 0 spiro atoms. The number of carbonyl (C=O) groups excluding carboxylic acids is 2. The van der Waals surface area contributed by atoms with Crippen LogP contribution in [0.4, 0.5) is 0 Å². The van der Waals surface area contributed by atoms with Crippen molar-refractivity contribution in [2.75, 3.05) is 26.4 Å². The van der Waals surface area contributed by atoms with Crippen LogP contribution in [-0.4, -0.2) is 38.1 Å². The number of fused-ring (bicyclic) bond motifs is 1. The third-order valence-corrected chi connectivity index (χ3v) is 4.86. The summed E-state index contributed by atoms with van der Waals surface area (Å²) in [6, 6.07) is 21.7. The van der Waals surface area contributed by atoms with Crippen LogP contribution in [0.25, 0.3) is 0 Å². The summed E-state index contributed by atoms with van der Waals surface area (Å²) in [5.74, 6) is 1.77. The molecule has 3 aromatic rings. The highest BCUT2D eigenvalue weighted by atomic mass is 16.6. The van der Waals surface area contributed by atoms with Gasteiger partial charge >= 0.3 is 0 Å². The fourth-order valence-corrected chi connectivity index (χ4v) is 3.25. The minimum absolute atomic E-state index is 0.0518. The van der Waals surface area contributed by atoms with Gasteiger partial charge in [-0.25, -0.2) is 0 Å². The number of hydrogen-bond acceptors (Lipinski definition) is 5. The fraction of sp³-hybridized carbons (Fsp3) is 0.200. The second-order valence-electron chi connectivity index (χ2n) is 7.09. The van der Waals surface area contributed by atoms with Gasteiger partial charge in [0.25, 0.3) is 5.91 Å². The van der Waals surface area contributed by atoms with E-state index in [1.807, 2.05) is 36.4 Å². The van der Waals surface area contributed by atoms with Crippen molar-refractivity contribution in [2.24, 2.45) is 0 Å². The van der Waals surface area contributed by atoms with Gasteiger partial charge in [-0.1, -0.05) is 36.4 Å². The number of benzene rings is 3. The van der Waals surface area contributed by atoms with E-state index in [4.69, 9.17) is 14.2 Å². The molecule has 4 rings (SSSR count). The van der Waals surface area contributed by atoms with Gasteiger partial charge in [0.05, 0.1) is 0 Å². The lowest BCUT2D eigenvalue weighted by Crippen LogP contribution is -2.30. The topological polar surface area (TPSA) is 73.9 Å². The van der Waals surface area contributed by atoms with Crippen LogP contribution in [0, 0.1) is 0 Å². The third kappa shape index (κ3) is 5.42. The molecular formula is C25H23NO5. The van der Waals surface area contributed by atoms with Crippen LogP contribution in [0.15, 0.2) is 72.8 Å². The first-order valence-corrected chi connectivity index (χ1v) is 10.2. The summed E-state index contributed by atoms with van der Waals surface area (Å²) >= 11 is 0. The maximum Gasteiger partial charge on any atom is 0.257 e. The zero-order valence-corrected chi connectivity index (χ0v) is 17.0. The molecule has 3 aromatic carbocycles. The van der Waals surface area contributed by atoms with Gasteiger partial charge in [-0.3, -0.25) is 9.59 Å². The number of hydrogen-bond donors (Lipinski definition) is 1. The molecule has 6 nitrogen and oxygen atoms in total. The highest BCUT2D eigenvalue weighted by Crippen LogP contribution is 2.30. The fourth-order valence-electron chi connectivity index (χ4n) is 3.25. The summed E-state index contributed by atoms with van der Waals surface area (Å²) in [5.41, 5.74) is 2.26. The summed E-state index contributed by atoms with van der Waals surface area (Å²) in [7, 11) is 0. The molecule has 31 heavy (non-hydrogen) atoms. The Labute approximate surface area is 180 Å². The first-order chi connectivity index (χ1) is 15.2. The molecule has 158 valence electrons. The zero-order valence-electron chi connectivity index (χ0n) is 17.0. The van der Waals surface area contributed by atoms with Crippen LogP contribution in [-0.2, 0) is 11.2 Å². The van der Waals surface area contributed by atoms with E-state index >= 15 is 0 Å².